The molecule has 10 aromatic rings. The van der Waals surface area contributed by atoms with Gasteiger partial charge in [-0.1, -0.05) is 140 Å². The molecule has 0 atom stereocenters. The highest BCUT2D eigenvalue weighted by Crippen LogP contribution is 2.55. The summed E-state index contributed by atoms with van der Waals surface area (Å²) in [5.41, 5.74) is 14.9. The lowest BCUT2D eigenvalue weighted by atomic mass is 9.98. The maximum Gasteiger partial charge on any atom is 0.162 e. The van der Waals surface area contributed by atoms with Crippen molar-refractivity contribution in [2.75, 3.05) is 9.80 Å². The molecular formula is C52H35N5. The molecule has 0 unspecified atom stereocenters. The Morgan fingerprint density at radius 1 is 0.333 bits per heavy atom. The molecule has 1 aliphatic heterocycles. The van der Waals surface area contributed by atoms with Crippen LogP contribution in [0.5, 0.6) is 0 Å². The number of rotatable bonds is 6. The minimum atomic E-state index is 0.695. The highest BCUT2D eigenvalue weighted by atomic mass is 15.3. The van der Waals surface area contributed by atoms with Gasteiger partial charge in [0, 0.05) is 33.6 Å². The Balaban J connectivity index is 1.17. The topological polar surface area (TPSA) is 37.2 Å². The minimum absolute atomic E-state index is 0.695. The van der Waals surface area contributed by atoms with Gasteiger partial charge in [0.1, 0.15) is 5.65 Å². The molecule has 0 N–H and O–H groups in total. The average molecular weight is 730 g/mol. The van der Waals surface area contributed by atoms with E-state index in [9.17, 15) is 0 Å². The number of anilines is 6. The molecule has 0 saturated heterocycles. The number of para-hydroxylation sites is 5. The smallest absolute Gasteiger partial charge is 0.162 e. The van der Waals surface area contributed by atoms with Crippen molar-refractivity contribution in [3.8, 4) is 39.5 Å². The molecule has 2 aromatic heterocycles. The highest BCUT2D eigenvalue weighted by Gasteiger charge is 2.31. The molecule has 0 radical (unpaired) electrons. The molecule has 8 aromatic carbocycles. The number of benzene rings is 8. The summed E-state index contributed by atoms with van der Waals surface area (Å²) in [6.07, 6.45) is 0. The lowest BCUT2D eigenvalue weighted by molar-refractivity contribution is 1.11. The van der Waals surface area contributed by atoms with Crippen molar-refractivity contribution in [1.82, 2.24) is 14.5 Å². The second kappa shape index (κ2) is 13.5. The van der Waals surface area contributed by atoms with Gasteiger partial charge in [0.05, 0.1) is 39.3 Å². The molecule has 0 spiro atoms. The van der Waals surface area contributed by atoms with Crippen LogP contribution in [0.25, 0.3) is 61.4 Å². The van der Waals surface area contributed by atoms with Crippen LogP contribution in [0, 0.1) is 0 Å². The lowest BCUT2D eigenvalue weighted by Crippen LogP contribution is -2.24. The molecule has 3 heterocycles. The molecule has 268 valence electrons. The molecule has 5 heteroatoms. The van der Waals surface area contributed by atoms with Gasteiger partial charge in [-0.05, 0) is 83.9 Å². The second-order valence-corrected chi connectivity index (χ2v) is 14.3. The van der Waals surface area contributed by atoms with Gasteiger partial charge in [0.2, 0.25) is 0 Å². The zero-order valence-corrected chi connectivity index (χ0v) is 30.9. The number of hydrogen-bond donors (Lipinski definition) is 0. The SMILES string of the molecule is c1ccc(-c2nc(-c3ccccc3)c3c4cc(-c5ccc6c(c5)N(c5ccccc5)c5ccccc5N6c5ccccc5)ccc4n(-c4ccccc4)c3n2)cc1. The Bertz CT molecular complexity index is 3050. The van der Waals surface area contributed by atoms with Crippen molar-refractivity contribution < 1.29 is 0 Å². The second-order valence-electron chi connectivity index (χ2n) is 14.3. The molecule has 11 rings (SSSR count). The van der Waals surface area contributed by atoms with Gasteiger partial charge in [-0.3, -0.25) is 4.57 Å². The van der Waals surface area contributed by atoms with Crippen molar-refractivity contribution in [3.05, 3.63) is 212 Å². The summed E-state index contributed by atoms with van der Waals surface area (Å²) in [6, 6.07) is 74.9. The summed E-state index contributed by atoms with van der Waals surface area (Å²) in [5.74, 6) is 0.695. The molecular weight excluding hydrogens is 695 g/mol. The third kappa shape index (κ3) is 5.48. The van der Waals surface area contributed by atoms with Gasteiger partial charge in [-0.2, -0.15) is 0 Å². The predicted octanol–water partition coefficient (Wildman–Crippen LogP) is 13.8. The van der Waals surface area contributed by atoms with E-state index in [0.717, 1.165) is 89.7 Å². The summed E-state index contributed by atoms with van der Waals surface area (Å²) in [7, 11) is 0. The van der Waals surface area contributed by atoms with E-state index in [1.807, 2.05) is 18.2 Å². The van der Waals surface area contributed by atoms with Gasteiger partial charge < -0.3 is 9.80 Å². The molecule has 0 bridgehead atoms. The third-order valence-corrected chi connectivity index (χ3v) is 10.9. The summed E-state index contributed by atoms with van der Waals surface area (Å²) in [4.78, 5) is 15.4. The van der Waals surface area contributed by atoms with E-state index in [4.69, 9.17) is 9.97 Å². The van der Waals surface area contributed by atoms with E-state index in [2.05, 4.69) is 208 Å². The molecule has 0 aliphatic carbocycles. The van der Waals surface area contributed by atoms with Crippen LogP contribution in [0.4, 0.5) is 34.1 Å². The van der Waals surface area contributed by atoms with Crippen LogP contribution in [0.3, 0.4) is 0 Å². The van der Waals surface area contributed by atoms with Crippen LogP contribution in [0.15, 0.2) is 212 Å². The fourth-order valence-corrected chi connectivity index (χ4v) is 8.33. The minimum Gasteiger partial charge on any atom is -0.306 e. The molecule has 0 fully saturated rings. The van der Waals surface area contributed by atoms with Gasteiger partial charge in [0.15, 0.2) is 5.82 Å². The van der Waals surface area contributed by atoms with E-state index in [-0.39, 0.29) is 0 Å². The monoisotopic (exact) mass is 729 g/mol. The average Bonchev–Trinajstić information content (AvgIpc) is 3.62. The van der Waals surface area contributed by atoms with Crippen molar-refractivity contribution in [2.24, 2.45) is 0 Å². The summed E-state index contributed by atoms with van der Waals surface area (Å²) in [6.45, 7) is 0. The van der Waals surface area contributed by atoms with Gasteiger partial charge in [0.25, 0.3) is 0 Å². The van der Waals surface area contributed by atoms with Crippen LogP contribution >= 0.6 is 0 Å². The van der Waals surface area contributed by atoms with Crippen molar-refractivity contribution in [3.63, 3.8) is 0 Å². The molecule has 0 saturated carbocycles. The Hall–Kier alpha value is -7.76. The number of nitrogens with zero attached hydrogens (tertiary/aromatic N) is 5. The zero-order valence-electron chi connectivity index (χ0n) is 30.9. The number of aromatic nitrogens is 3. The first-order chi connectivity index (χ1) is 28.3. The molecule has 5 nitrogen and oxygen atoms in total. The molecule has 0 amide bonds. The zero-order chi connectivity index (χ0) is 37.7. The summed E-state index contributed by atoms with van der Waals surface area (Å²) in [5, 5.41) is 2.12. The summed E-state index contributed by atoms with van der Waals surface area (Å²) >= 11 is 0. The van der Waals surface area contributed by atoms with E-state index in [0.29, 0.717) is 5.82 Å². The van der Waals surface area contributed by atoms with Gasteiger partial charge in [-0.15, -0.1) is 0 Å². The Kier molecular flexibility index (Phi) is 7.74. The fourth-order valence-electron chi connectivity index (χ4n) is 8.33. The normalized spacial score (nSPS) is 12.1. The Labute approximate surface area is 331 Å². The van der Waals surface area contributed by atoms with Gasteiger partial charge in [-0.25, -0.2) is 9.97 Å². The van der Waals surface area contributed by atoms with Gasteiger partial charge >= 0.3 is 0 Å². The van der Waals surface area contributed by atoms with Crippen molar-refractivity contribution in [1.29, 1.82) is 0 Å². The highest BCUT2D eigenvalue weighted by molar-refractivity contribution is 6.15. The number of hydrogen-bond acceptors (Lipinski definition) is 4. The van der Waals surface area contributed by atoms with E-state index >= 15 is 0 Å². The summed E-state index contributed by atoms with van der Waals surface area (Å²) < 4.78 is 2.29. The number of fused-ring (bicyclic) bond motifs is 5. The van der Waals surface area contributed by atoms with Crippen LogP contribution in [0.1, 0.15) is 0 Å². The van der Waals surface area contributed by atoms with Crippen LogP contribution < -0.4 is 9.80 Å². The lowest BCUT2D eigenvalue weighted by Gasteiger charge is -2.40. The van der Waals surface area contributed by atoms with E-state index in [1.165, 1.54) is 0 Å². The van der Waals surface area contributed by atoms with E-state index < -0.39 is 0 Å². The third-order valence-electron chi connectivity index (χ3n) is 10.9. The molecule has 57 heavy (non-hydrogen) atoms. The van der Waals surface area contributed by atoms with Crippen LogP contribution in [0.2, 0.25) is 0 Å². The van der Waals surface area contributed by atoms with Crippen LogP contribution in [-0.4, -0.2) is 14.5 Å². The Morgan fingerprint density at radius 2 is 0.807 bits per heavy atom. The Morgan fingerprint density at radius 3 is 1.42 bits per heavy atom. The first kappa shape index (κ1) is 32.7. The van der Waals surface area contributed by atoms with E-state index in [1.54, 1.807) is 0 Å². The largest absolute Gasteiger partial charge is 0.306 e. The standard InChI is InChI=1S/C52H35N5/c1-6-18-36(19-7-1)50-49-43-34-38(30-32-44(43)57(42-26-14-5-15-27-42)52(49)54-51(53-50)37-20-8-2-9-21-37)39-31-33-47-48(35-39)56(41-24-12-4-13-25-41)46-29-17-16-28-45(46)55(47)40-22-10-3-11-23-40/h1-35H. The van der Waals surface area contributed by atoms with Crippen molar-refractivity contribution in [2.45, 2.75) is 0 Å². The maximum atomic E-state index is 5.35. The fraction of sp³-hybridized carbons (Fsp3) is 0. The van der Waals surface area contributed by atoms with Crippen molar-refractivity contribution >= 4 is 56.1 Å². The maximum absolute atomic E-state index is 5.35. The van der Waals surface area contributed by atoms with Crippen LogP contribution in [-0.2, 0) is 0 Å². The first-order valence-electron chi connectivity index (χ1n) is 19.3. The first-order valence-corrected chi connectivity index (χ1v) is 19.3. The predicted molar refractivity (Wildman–Crippen MR) is 236 cm³/mol. The molecule has 1 aliphatic rings. The quantitative estimate of drug-likeness (QED) is 0.171.